The van der Waals surface area contributed by atoms with Crippen molar-refractivity contribution >= 4 is 22.6 Å². The van der Waals surface area contributed by atoms with Gasteiger partial charge in [-0.25, -0.2) is 10.2 Å². The number of ether oxygens (including phenoxy) is 1. The van der Waals surface area contributed by atoms with Gasteiger partial charge in [0.05, 0.1) is 11.3 Å². The minimum absolute atomic E-state index is 0.173. The predicted molar refractivity (Wildman–Crippen MR) is 104 cm³/mol. The molecule has 0 saturated carbocycles. The number of carbonyl (C=O) groups is 1. The Balaban J connectivity index is 1.68. The first kappa shape index (κ1) is 18.4. The van der Waals surface area contributed by atoms with E-state index in [0.717, 1.165) is 16.5 Å². The number of nitrogens with zero attached hydrogens (tertiary/aromatic N) is 1. The Labute approximate surface area is 156 Å². The van der Waals surface area contributed by atoms with E-state index in [1.54, 1.807) is 25.1 Å². The number of benzene rings is 2. The molecule has 0 radical (unpaired) electrons. The Morgan fingerprint density at radius 3 is 2.74 bits per heavy atom. The van der Waals surface area contributed by atoms with Crippen molar-refractivity contribution in [2.45, 2.75) is 20.8 Å². The van der Waals surface area contributed by atoms with E-state index in [4.69, 9.17) is 9.15 Å². The molecule has 0 unspecified atom stereocenters. The van der Waals surface area contributed by atoms with Gasteiger partial charge in [0, 0.05) is 5.39 Å². The van der Waals surface area contributed by atoms with E-state index in [-0.39, 0.29) is 6.61 Å². The van der Waals surface area contributed by atoms with E-state index in [1.807, 2.05) is 44.2 Å². The van der Waals surface area contributed by atoms with E-state index >= 15 is 0 Å². The zero-order valence-electron chi connectivity index (χ0n) is 15.4. The lowest BCUT2D eigenvalue weighted by molar-refractivity contribution is -0.123. The van der Waals surface area contributed by atoms with Crippen molar-refractivity contribution in [2.24, 2.45) is 5.10 Å². The van der Waals surface area contributed by atoms with E-state index < -0.39 is 11.5 Å². The summed E-state index contributed by atoms with van der Waals surface area (Å²) in [6, 6.07) is 14.7. The maximum Gasteiger partial charge on any atom is 0.345 e. The molecule has 1 N–H and O–H groups in total. The van der Waals surface area contributed by atoms with Crippen LogP contribution in [0.2, 0.25) is 0 Å². The van der Waals surface area contributed by atoms with Crippen LogP contribution in [0.15, 0.2) is 62.8 Å². The molecule has 6 nitrogen and oxygen atoms in total. The number of hydrazone groups is 1. The number of para-hydroxylation sites is 1. The summed E-state index contributed by atoms with van der Waals surface area (Å²) < 4.78 is 10.8. The second-order valence-electron chi connectivity index (χ2n) is 6.28. The van der Waals surface area contributed by atoms with Crippen LogP contribution in [0.1, 0.15) is 23.6 Å². The highest BCUT2D eigenvalue weighted by molar-refractivity contribution is 6.00. The smallest absolute Gasteiger partial charge is 0.345 e. The molecule has 2 aromatic carbocycles. The summed E-state index contributed by atoms with van der Waals surface area (Å²) in [6.45, 7) is 5.32. The molecule has 0 aliphatic carbocycles. The quantitative estimate of drug-likeness (QED) is 0.428. The minimum Gasteiger partial charge on any atom is -0.483 e. The number of amides is 1. The number of hydrogen-bond donors (Lipinski definition) is 1. The molecule has 6 heteroatoms. The van der Waals surface area contributed by atoms with E-state index in [2.05, 4.69) is 10.5 Å². The molecule has 0 aliphatic heterocycles. The standard InChI is InChI=1S/C21H20N2O4/c1-13-8-9-14(2)19(10-13)26-12-20(24)23-22-15(3)17-11-16-6-4-5-7-18(16)27-21(17)25/h4-11H,12H2,1-3H3,(H,23,24)/b22-15-. The summed E-state index contributed by atoms with van der Waals surface area (Å²) in [7, 11) is 0. The van der Waals surface area contributed by atoms with Crippen LogP contribution in [0.4, 0.5) is 0 Å². The topological polar surface area (TPSA) is 80.9 Å². The zero-order chi connectivity index (χ0) is 19.4. The lowest BCUT2D eigenvalue weighted by Crippen LogP contribution is -2.26. The molecule has 3 aromatic rings. The SMILES string of the molecule is C/C(=N/NC(=O)COc1cc(C)ccc1C)c1cc2ccccc2oc1=O. The summed E-state index contributed by atoms with van der Waals surface area (Å²) >= 11 is 0. The molecule has 0 fully saturated rings. The summed E-state index contributed by atoms with van der Waals surface area (Å²) in [5.74, 6) is 0.237. The van der Waals surface area contributed by atoms with Crippen molar-refractivity contribution in [3.8, 4) is 5.75 Å². The first-order chi connectivity index (χ1) is 12.9. The minimum atomic E-state index is -0.504. The number of rotatable bonds is 5. The highest BCUT2D eigenvalue weighted by Crippen LogP contribution is 2.18. The van der Waals surface area contributed by atoms with Crippen LogP contribution >= 0.6 is 0 Å². The molecular weight excluding hydrogens is 344 g/mol. The fourth-order valence-electron chi connectivity index (χ4n) is 2.56. The van der Waals surface area contributed by atoms with Crippen molar-refractivity contribution in [1.29, 1.82) is 0 Å². The summed E-state index contributed by atoms with van der Waals surface area (Å²) in [4.78, 5) is 24.1. The molecule has 0 atom stereocenters. The van der Waals surface area contributed by atoms with Gasteiger partial charge in [0.1, 0.15) is 11.3 Å². The molecule has 1 amide bonds. The van der Waals surface area contributed by atoms with E-state index in [1.165, 1.54) is 0 Å². The molecule has 138 valence electrons. The molecular formula is C21H20N2O4. The molecule has 0 bridgehead atoms. The molecule has 1 heterocycles. The molecule has 3 rings (SSSR count). The summed E-state index contributed by atoms with van der Waals surface area (Å²) in [5, 5.41) is 4.77. The maximum atomic E-state index is 12.1. The van der Waals surface area contributed by atoms with Crippen molar-refractivity contribution < 1.29 is 13.9 Å². The van der Waals surface area contributed by atoms with Gasteiger partial charge in [-0.2, -0.15) is 5.10 Å². The zero-order valence-corrected chi connectivity index (χ0v) is 15.4. The Hall–Kier alpha value is -3.41. The lowest BCUT2D eigenvalue weighted by Gasteiger charge is -2.09. The number of hydrogen-bond acceptors (Lipinski definition) is 5. The third kappa shape index (κ3) is 4.41. The highest BCUT2D eigenvalue weighted by Gasteiger charge is 2.09. The Morgan fingerprint density at radius 2 is 1.93 bits per heavy atom. The molecule has 1 aromatic heterocycles. The van der Waals surface area contributed by atoms with Gasteiger partial charge < -0.3 is 9.15 Å². The largest absolute Gasteiger partial charge is 0.483 e. The first-order valence-corrected chi connectivity index (χ1v) is 8.50. The van der Waals surface area contributed by atoms with Crippen LogP contribution in [-0.4, -0.2) is 18.2 Å². The molecule has 27 heavy (non-hydrogen) atoms. The number of carbonyl (C=O) groups excluding carboxylic acids is 1. The lowest BCUT2D eigenvalue weighted by atomic mass is 10.1. The average molecular weight is 364 g/mol. The third-order valence-corrected chi connectivity index (χ3v) is 4.08. The van der Waals surface area contributed by atoms with Crippen molar-refractivity contribution in [3.05, 3.63) is 75.6 Å². The van der Waals surface area contributed by atoms with Crippen LogP contribution in [0, 0.1) is 13.8 Å². The van der Waals surface area contributed by atoms with E-state index in [9.17, 15) is 9.59 Å². The second-order valence-corrected chi connectivity index (χ2v) is 6.28. The van der Waals surface area contributed by atoms with Gasteiger partial charge >= 0.3 is 5.63 Å². The van der Waals surface area contributed by atoms with Gasteiger partial charge in [0.25, 0.3) is 5.91 Å². The Bertz CT molecular complexity index is 1080. The highest BCUT2D eigenvalue weighted by atomic mass is 16.5. The fraction of sp³-hybridized carbons (Fsp3) is 0.190. The van der Waals surface area contributed by atoms with Crippen molar-refractivity contribution in [3.63, 3.8) is 0 Å². The third-order valence-electron chi connectivity index (χ3n) is 4.08. The van der Waals surface area contributed by atoms with Gasteiger partial charge in [-0.1, -0.05) is 30.3 Å². The van der Waals surface area contributed by atoms with Gasteiger partial charge in [0.15, 0.2) is 6.61 Å². The summed E-state index contributed by atoms with van der Waals surface area (Å²) in [6.07, 6.45) is 0. The maximum absolute atomic E-state index is 12.1. The number of fused-ring (bicyclic) bond motifs is 1. The van der Waals surface area contributed by atoms with E-state index in [0.29, 0.717) is 22.6 Å². The number of nitrogens with one attached hydrogen (secondary N) is 1. The molecule has 0 saturated heterocycles. The van der Waals surface area contributed by atoms with Crippen LogP contribution in [0.25, 0.3) is 11.0 Å². The first-order valence-electron chi connectivity index (χ1n) is 8.50. The van der Waals surface area contributed by atoms with Crippen molar-refractivity contribution in [1.82, 2.24) is 5.43 Å². The van der Waals surface area contributed by atoms with Gasteiger partial charge in [-0.05, 0) is 50.1 Å². The Morgan fingerprint density at radius 1 is 1.15 bits per heavy atom. The van der Waals surface area contributed by atoms with Crippen LogP contribution < -0.4 is 15.8 Å². The molecule has 0 aliphatic rings. The van der Waals surface area contributed by atoms with Crippen LogP contribution in [0.5, 0.6) is 5.75 Å². The van der Waals surface area contributed by atoms with Crippen molar-refractivity contribution in [2.75, 3.05) is 6.61 Å². The fourth-order valence-corrected chi connectivity index (χ4v) is 2.56. The second kappa shape index (κ2) is 7.86. The van der Waals surface area contributed by atoms with Gasteiger partial charge in [-0.15, -0.1) is 0 Å². The summed E-state index contributed by atoms with van der Waals surface area (Å²) in [5.41, 5.74) is 5.05. The van der Waals surface area contributed by atoms with Gasteiger partial charge in [-0.3, -0.25) is 4.79 Å². The average Bonchev–Trinajstić information content (AvgIpc) is 2.66. The monoisotopic (exact) mass is 364 g/mol. The normalized spacial score (nSPS) is 11.4. The predicted octanol–water partition coefficient (Wildman–Crippen LogP) is 3.33. The molecule has 0 spiro atoms. The van der Waals surface area contributed by atoms with Crippen LogP contribution in [0.3, 0.4) is 0 Å². The van der Waals surface area contributed by atoms with Gasteiger partial charge in [0.2, 0.25) is 0 Å². The Kier molecular flexibility index (Phi) is 5.35. The van der Waals surface area contributed by atoms with Crippen LogP contribution in [-0.2, 0) is 4.79 Å². The number of aryl methyl sites for hydroxylation is 2.